The Bertz CT molecular complexity index is 1020. The van der Waals surface area contributed by atoms with E-state index in [1.54, 1.807) is 0 Å². The molecule has 1 amide bonds. The molecule has 1 saturated heterocycles. The highest BCUT2D eigenvalue weighted by Gasteiger charge is 2.31. The van der Waals surface area contributed by atoms with Crippen LogP contribution in [0.1, 0.15) is 23.7 Å². The fourth-order valence-corrected chi connectivity index (χ4v) is 4.68. The number of morpholine rings is 1. The number of hydrogen-bond acceptors (Lipinski definition) is 6. The van der Waals surface area contributed by atoms with Crippen LogP contribution in [-0.4, -0.2) is 53.0 Å². The monoisotopic (exact) mass is 435 g/mol. The summed E-state index contributed by atoms with van der Waals surface area (Å²) in [6, 6.07) is 20.3. The van der Waals surface area contributed by atoms with E-state index in [2.05, 4.69) is 25.0 Å². The lowest BCUT2D eigenvalue weighted by atomic mass is 10.1. The number of carbonyl (C=O) groups is 1. The minimum absolute atomic E-state index is 0.0224. The van der Waals surface area contributed by atoms with Crippen molar-refractivity contribution >= 4 is 23.6 Å². The topological polar surface area (TPSA) is 72.3 Å². The second-order valence-corrected chi connectivity index (χ2v) is 8.82. The number of hydrogen-bond donors (Lipinski definition) is 1. The van der Waals surface area contributed by atoms with E-state index in [4.69, 9.17) is 4.74 Å². The van der Waals surface area contributed by atoms with Gasteiger partial charge in [-0.15, -0.1) is 10.2 Å². The molecule has 2 heterocycles. The summed E-state index contributed by atoms with van der Waals surface area (Å²) in [4.78, 5) is 15.3. The van der Waals surface area contributed by atoms with Crippen molar-refractivity contribution in [2.24, 2.45) is 0 Å². The molecule has 5 rings (SSSR count). The summed E-state index contributed by atoms with van der Waals surface area (Å²) in [6.45, 7) is 2.86. The van der Waals surface area contributed by atoms with E-state index in [1.165, 1.54) is 11.8 Å². The summed E-state index contributed by atoms with van der Waals surface area (Å²) < 4.78 is 7.56. The summed E-state index contributed by atoms with van der Waals surface area (Å²) >= 11 is 1.45. The van der Waals surface area contributed by atoms with E-state index in [-0.39, 0.29) is 5.91 Å². The van der Waals surface area contributed by atoms with Gasteiger partial charge in [-0.25, -0.2) is 0 Å². The van der Waals surface area contributed by atoms with Crippen molar-refractivity contribution in [1.29, 1.82) is 0 Å². The van der Waals surface area contributed by atoms with E-state index in [9.17, 15) is 4.79 Å². The molecule has 1 aromatic heterocycles. The molecule has 0 spiro atoms. The second-order valence-electron chi connectivity index (χ2n) is 7.74. The number of carbonyl (C=O) groups excluding carboxylic acids is 1. The van der Waals surface area contributed by atoms with Crippen LogP contribution in [-0.2, 0) is 9.53 Å². The average molecular weight is 436 g/mol. The van der Waals surface area contributed by atoms with Crippen LogP contribution in [0.5, 0.6) is 0 Å². The quantitative estimate of drug-likeness (QED) is 0.575. The van der Waals surface area contributed by atoms with Crippen molar-refractivity contribution in [2.45, 2.75) is 29.3 Å². The highest BCUT2D eigenvalue weighted by molar-refractivity contribution is 8.00. The van der Waals surface area contributed by atoms with Crippen LogP contribution >= 0.6 is 11.8 Å². The molecule has 1 N–H and O–H groups in total. The van der Waals surface area contributed by atoms with Gasteiger partial charge in [0.25, 0.3) is 0 Å². The first kappa shape index (κ1) is 20.1. The molecule has 1 aliphatic carbocycles. The lowest BCUT2D eigenvalue weighted by Crippen LogP contribution is -2.38. The number of nitrogens with zero attached hydrogens (tertiary/aromatic N) is 4. The van der Waals surface area contributed by atoms with E-state index >= 15 is 0 Å². The smallest absolute Gasteiger partial charge is 0.238 e. The normalized spacial score (nSPS) is 17.4. The minimum atomic E-state index is -0.397. The van der Waals surface area contributed by atoms with Gasteiger partial charge in [0.2, 0.25) is 11.9 Å². The molecule has 160 valence electrons. The largest absolute Gasteiger partial charge is 0.378 e. The number of thioether (sulfide) groups is 1. The number of para-hydroxylation sites is 1. The highest BCUT2D eigenvalue weighted by Crippen LogP contribution is 2.38. The van der Waals surface area contributed by atoms with Crippen LogP contribution < -0.4 is 10.2 Å². The van der Waals surface area contributed by atoms with Crippen molar-refractivity contribution in [2.75, 3.05) is 31.2 Å². The molecule has 2 aromatic carbocycles. The molecule has 0 radical (unpaired) electrons. The second kappa shape index (κ2) is 9.11. The maximum atomic E-state index is 13.1. The van der Waals surface area contributed by atoms with Gasteiger partial charge < -0.3 is 15.0 Å². The van der Waals surface area contributed by atoms with Gasteiger partial charge in [-0.3, -0.25) is 9.36 Å². The Labute approximate surface area is 185 Å². The Hall–Kier alpha value is -2.84. The Morgan fingerprint density at radius 3 is 2.35 bits per heavy atom. The maximum Gasteiger partial charge on any atom is 0.238 e. The number of nitrogens with one attached hydrogen (secondary N) is 1. The highest BCUT2D eigenvalue weighted by atomic mass is 32.2. The van der Waals surface area contributed by atoms with Crippen LogP contribution in [0, 0.1) is 0 Å². The van der Waals surface area contributed by atoms with Gasteiger partial charge in [-0.1, -0.05) is 60.3 Å². The predicted octanol–water partition coefficient (Wildman–Crippen LogP) is 3.22. The molecule has 31 heavy (non-hydrogen) atoms. The number of ether oxygens (including phenoxy) is 1. The molecule has 2 fully saturated rings. The maximum absolute atomic E-state index is 13.1. The number of rotatable bonds is 7. The summed E-state index contributed by atoms with van der Waals surface area (Å²) in [6.07, 6.45) is 2.11. The SMILES string of the molecule is O=C(NC1CC1)C(Sc1nnc(N2CCOCC2)n1-c1ccccc1)c1ccccc1. The Morgan fingerprint density at radius 1 is 1.00 bits per heavy atom. The lowest BCUT2D eigenvalue weighted by Gasteiger charge is -2.28. The molecular weight excluding hydrogens is 410 g/mol. The van der Waals surface area contributed by atoms with Crippen LogP contribution in [0.4, 0.5) is 5.95 Å². The molecule has 1 saturated carbocycles. The van der Waals surface area contributed by atoms with E-state index < -0.39 is 5.25 Å². The lowest BCUT2D eigenvalue weighted by molar-refractivity contribution is -0.120. The molecule has 3 aromatic rings. The minimum Gasteiger partial charge on any atom is -0.378 e. The van der Waals surface area contributed by atoms with Crippen molar-refractivity contribution in [3.05, 3.63) is 66.2 Å². The zero-order valence-corrected chi connectivity index (χ0v) is 18.0. The molecule has 2 aliphatic rings. The Kier molecular flexibility index (Phi) is 5.90. The van der Waals surface area contributed by atoms with E-state index in [1.807, 2.05) is 60.7 Å². The van der Waals surface area contributed by atoms with Gasteiger partial charge in [0.05, 0.1) is 18.9 Å². The standard InChI is InChI=1S/C23H25N5O2S/c29-21(24-18-11-12-18)20(17-7-3-1-4-8-17)31-23-26-25-22(27-13-15-30-16-14-27)28(23)19-9-5-2-6-10-19/h1-10,18,20H,11-16H2,(H,24,29). The van der Waals surface area contributed by atoms with Crippen molar-refractivity contribution < 1.29 is 9.53 Å². The van der Waals surface area contributed by atoms with Crippen LogP contribution in [0.3, 0.4) is 0 Å². The first-order valence-electron chi connectivity index (χ1n) is 10.6. The van der Waals surface area contributed by atoms with E-state index in [0.717, 1.165) is 43.1 Å². The fraction of sp³-hybridized carbons (Fsp3) is 0.348. The number of benzene rings is 2. The van der Waals surface area contributed by atoms with Gasteiger partial charge in [-0.05, 0) is 30.5 Å². The number of amides is 1. The predicted molar refractivity (Wildman–Crippen MR) is 121 cm³/mol. The van der Waals surface area contributed by atoms with Gasteiger partial charge in [-0.2, -0.15) is 0 Å². The van der Waals surface area contributed by atoms with Crippen LogP contribution in [0.25, 0.3) is 5.69 Å². The number of anilines is 1. The van der Waals surface area contributed by atoms with Gasteiger partial charge >= 0.3 is 0 Å². The van der Waals surface area contributed by atoms with Crippen molar-refractivity contribution in [1.82, 2.24) is 20.1 Å². The third-order valence-electron chi connectivity index (χ3n) is 5.41. The number of aromatic nitrogens is 3. The molecule has 0 bridgehead atoms. The van der Waals surface area contributed by atoms with Crippen LogP contribution in [0.2, 0.25) is 0 Å². The summed E-state index contributed by atoms with van der Waals surface area (Å²) in [7, 11) is 0. The Morgan fingerprint density at radius 2 is 1.68 bits per heavy atom. The van der Waals surface area contributed by atoms with Crippen molar-refractivity contribution in [3.63, 3.8) is 0 Å². The molecule has 1 atom stereocenters. The van der Waals surface area contributed by atoms with Crippen LogP contribution in [0.15, 0.2) is 65.8 Å². The molecule has 7 nitrogen and oxygen atoms in total. The molecule has 8 heteroatoms. The summed E-state index contributed by atoms with van der Waals surface area (Å²) in [5, 5.41) is 12.5. The molecular formula is C23H25N5O2S. The fourth-order valence-electron chi connectivity index (χ4n) is 3.62. The first-order chi connectivity index (χ1) is 15.3. The van der Waals surface area contributed by atoms with Gasteiger partial charge in [0, 0.05) is 19.1 Å². The molecule has 1 aliphatic heterocycles. The Balaban J connectivity index is 1.51. The summed E-state index contributed by atoms with van der Waals surface area (Å²) in [5.74, 6) is 0.806. The van der Waals surface area contributed by atoms with E-state index in [0.29, 0.717) is 24.4 Å². The zero-order valence-electron chi connectivity index (χ0n) is 17.2. The third-order valence-corrected chi connectivity index (χ3v) is 6.61. The summed E-state index contributed by atoms with van der Waals surface area (Å²) in [5.41, 5.74) is 1.94. The van der Waals surface area contributed by atoms with Crippen molar-refractivity contribution in [3.8, 4) is 5.69 Å². The third kappa shape index (κ3) is 4.60. The zero-order chi connectivity index (χ0) is 21.0. The van der Waals surface area contributed by atoms with Gasteiger partial charge in [0.1, 0.15) is 5.25 Å². The first-order valence-corrected chi connectivity index (χ1v) is 11.5. The molecule has 1 unspecified atom stereocenters. The average Bonchev–Trinajstić information content (AvgIpc) is 3.54. The van der Waals surface area contributed by atoms with Gasteiger partial charge in [0.15, 0.2) is 5.16 Å².